The topological polar surface area (TPSA) is 57.6 Å². The van der Waals surface area contributed by atoms with Crippen LogP contribution in [0.3, 0.4) is 0 Å². The van der Waals surface area contributed by atoms with Gasteiger partial charge in [-0.15, -0.1) is 0 Å². The van der Waals surface area contributed by atoms with Crippen LogP contribution in [0.25, 0.3) is 0 Å². The number of benzene rings is 1. The van der Waals surface area contributed by atoms with Crippen LogP contribution in [0.1, 0.15) is 12.8 Å². The molecule has 1 aliphatic rings. The first-order valence-corrected chi connectivity index (χ1v) is 6.16. The molecular weight excluding hydrogens is 286 g/mol. The van der Waals surface area contributed by atoms with Gasteiger partial charge >= 0.3 is 5.97 Å². The minimum Gasteiger partial charge on any atom is -0.480 e. The van der Waals surface area contributed by atoms with E-state index in [0.29, 0.717) is 5.69 Å². The van der Waals surface area contributed by atoms with Crippen molar-refractivity contribution in [2.75, 3.05) is 11.4 Å². The maximum atomic E-state index is 12.0. The molecule has 1 saturated carbocycles. The van der Waals surface area contributed by atoms with E-state index in [0.717, 1.165) is 17.3 Å². The minimum absolute atomic E-state index is 0.0120. The van der Waals surface area contributed by atoms with Crippen LogP contribution in [-0.4, -0.2) is 23.5 Å². The number of anilines is 1. The highest BCUT2D eigenvalue weighted by Crippen LogP contribution is 2.32. The second kappa shape index (κ2) is 4.87. The summed E-state index contributed by atoms with van der Waals surface area (Å²) in [6.07, 6.45) is 1.73. The van der Waals surface area contributed by atoms with Crippen LogP contribution in [0.15, 0.2) is 28.7 Å². The minimum atomic E-state index is -0.998. The van der Waals surface area contributed by atoms with Gasteiger partial charge in [-0.05, 0) is 37.1 Å². The molecule has 0 bridgehead atoms. The number of amides is 1. The smallest absolute Gasteiger partial charge is 0.323 e. The van der Waals surface area contributed by atoms with Crippen molar-refractivity contribution in [3.05, 3.63) is 28.7 Å². The van der Waals surface area contributed by atoms with E-state index >= 15 is 0 Å². The monoisotopic (exact) mass is 297 g/mol. The van der Waals surface area contributed by atoms with Crippen LogP contribution in [0.5, 0.6) is 0 Å². The maximum absolute atomic E-state index is 12.0. The molecule has 0 radical (unpaired) electrons. The third kappa shape index (κ3) is 3.06. The van der Waals surface area contributed by atoms with E-state index in [1.165, 1.54) is 4.90 Å². The zero-order valence-electron chi connectivity index (χ0n) is 9.10. The largest absolute Gasteiger partial charge is 0.480 e. The Morgan fingerprint density at radius 3 is 2.35 bits per heavy atom. The summed E-state index contributed by atoms with van der Waals surface area (Å²) in [5, 5.41) is 8.85. The van der Waals surface area contributed by atoms with Crippen LogP contribution < -0.4 is 4.90 Å². The van der Waals surface area contributed by atoms with Gasteiger partial charge in [0.05, 0.1) is 0 Å². The van der Waals surface area contributed by atoms with E-state index in [1.54, 1.807) is 24.3 Å². The van der Waals surface area contributed by atoms with Crippen LogP contribution in [-0.2, 0) is 9.59 Å². The molecule has 4 nitrogen and oxygen atoms in total. The van der Waals surface area contributed by atoms with Gasteiger partial charge in [0.25, 0.3) is 0 Å². The lowest BCUT2D eigenvalue weighted by Crippen LogP contribution is -2.36. The molecule has 2 rings (SSSR count). The highest BCUT2D eigenvalue weighted by Gasteiger charge is 2.34. The summed E-state index contributed by atoms with van der Waals surface area (Å²) in [7, 11) is 0. The van der Waals surface area contributed by atoms with Crippen LogP contribution in [0.2, 0.25) is 0 Å². The first-order valence-electron chi connectivity index (χ1n) is 5.36. The summed E-state index contributed by atoms with van der Waals surface area (Å²) in [5.74, 6) is -1.07. The number of carboxylic acids is 1. The van der Waals surface area contributed by atoms with Crippen molar-refractivity contribution in [2.24, 2.45) is 5.92 Å². The number of carbonyl (C=O) groups excluding carboxylic acids is 1. The zero-order chi connectivity index (χ0) is 12.4. The molecule has 0 atom stereocenters. The van der Waals surface area contributed by atoms with Crippen LogP contribution >= 0.6 is 15.9 Å². The average Bonchev–Trinajstić information content (AvgIpc) is 3.10. The van der Waals surface area contributed by atoms with Crippen molar-refractivity contribution < 1.29 is 14.7 Å². The molecule has 17 heavy (non-hydrogen) atoms. The summed E-state index contributed by atoms with van der Waals surface area (Å²) in [4.78, 5) is 24.1. The number of nitrogens with zero attached hydrogens (tertiary/aromatic N) is 1. The summed E-state index contributed by atoms with van der Waals surface area (Å²) < 4.78 is 0.899. The standard InChI is InChI=1S/C12H12BrNO3/c13-9-3-5-10(6-4-9)14(7-11(15)16)12(17)8-1-2-8/h3-6,8H,1-2,7H2,(H,15,16). The number of hydrogen-bond acceptors (Lipinski definition) is 2. The van der Waals surface area contributed by atoms with Crippen molar-refractivity contribution >= 4 is 33.5 Å². The van der Waals surface area contributed by atoms with Gasteiger partial charge in [-0.3, -0.25) is 9.59 Å². The fourth-order valence-corrected chi connectivity index (χ4v) is 1.87. The fourth-order valence-electron chi connectivity index (χ4n) is 1.60. The maximum Gasteiger partial charge on any atom is 0.323 e. The highest BCUT2D eigenvalue weighted by atomic mass is 79.9. The Hall–Kier alpha value is -1.36. The molecule has 1 aliphatic carbocycles. The molecule has 1 N–H and O–H groups in total. The Bertz CT molecular complexity index is 440. The van der Waals surface area contributed by atoms with E-state index in [1.807, 2.05) is 0 Å². The molecule has 0 aromatic heterocycles. The summed E-state index contributed by atoms with van der Waals surface area (Å²) in [5.41, 5.74) is 0.632. The Kier molecular flexibility index (Phi) is 3.47. The lowest BCUT2D eigenvalue weighted by Gasteiger charge is -2.20. The lowest BCUT2D eigenvalue weighted by molar-refractivity contribution is -0.136. The molecule has 1 aromatic rings. The van der Waals surface area contributed by atoms with E-state index in [-0.39, 0.29) is 18.4 Å². The van der Waals surface area contributed by atoms with Crippen LogP contribution in [0, 0.1) is 5.92 Å². The van der Waals surface area contributed by atoms with E-state index in [4.69, 9.17) is 5.11 Å². The van der Waals surface area contributed by atoms with Gasteiger partial charge in [0.15, 0.2) is 0 Å². The van der Waals surface area contributed by atoms with Gasteiger partial charge in [-0.25, -0.2) is 0 Å². The number of carbonyl (C=O) groups is 2. The second-order valence-corrected chi connectivity index (χ2v) is 4.98. The second-order valence-electron chi connectivity index (χ2n) is 4.07. The quantitative estimate of drug-likeness (QED) is 0.927. The van der Waals surface area contributed by atoms with E-state index in [9.17, 15) is 9.59 Å². The SMILES string of the molecule is O=C(O)CN(C(=O)C1CC1)c1ccc(Br)cc1. The van der Waals surface area contributed by atoms with Crippen molar-refractivity contribution in [1.82, 2.24) is 0 Å². The Morgan fingerprint density at radius 1 is 1.29 bits per heavy atom. The predicted molar refractivity (Wildman–Crippen MR) is 66.9 cm³/mol. The molecule has 5 heteroatoms. The molecule has 0 aliphatic heterocycles. The lowest BCUT2D eigenvalue weighted by atomic mass is 10.2. The number of halogens is 1. The molecule has 1 fully saturated rings. The molecule has 0 spiro atoms. The molecule has 1 amide bonds. The summed E-state index contributed by atoms with van der Waals surface area (Å²) in [6, 6.07) is 7.08. The van der Waals surface area contributed by atoms with Gasteiger partial charge in [0.1, 0.15) is 6.54 Å². The number of carboxylic acid groups (broad SMARTS) is 1. The van der Waals surface area contributed by atoms with Gasteiger partial charge in [-0.1, -0.05) is 15.9 Å². The molecule has 90 valence electrons. The first kappa shape index (κ1) is 12.1. The number of hydrogen-bond donors (Lipinski definition) is 1. The van der Waals surface area contributed by atoms with Gasteiger partial charge in [0.2, 0.25) is 5.91 Å². The Labute approximate surface area is 107 Å². The van der Waals surface area contributed by atoms with Crippen LogP contribution in [0.4, 0.5) is 5.69 Å². The van der Waals surface area contributed by atoms with Gasteiger partial charge in [0, 0.05) is 16.1 Å². The van der Waals surface area contributed by atoms with Crippen molar-refractivity contribution in [3.63, 3.8) is 0 Å². The number of rotatable bonds is 4. The van der Waals surface area contributed by atoms with E-state index < -0.39 is 5.97 Å². The molecule has 0 saturated heterocycles. The zero-order valence-corrected chi connectivity index (χ0v) is 10.7. The van der Waals surface area contributed by atoms with Crippen molar-refractivity contribution in [2.45, 2.75) is 12.8 Å². The van der Waals surface area contributed by atoms with Crippen molar-refractivity contribution in [1.29, 1.82) is 0 Å². The third-order valence-electron chi connectivity index (χ3n) is 2.62. The molecule has 1 aromatic carbocycles. The fraction of sp³-hybridized carbons (Fsp3) is 0.333. The summed E-state index contributed by atoms with van der Waals surface area (Å²) in [6.45, 7) is -0.281. The molecule has 0 unspecified atom stereocenters. The van der Waals surface area contributed by atoms with Crippen molar-refractivity contribution in [3.8, 4) is 0 Å². The molecular formula is C12H12BrNO3. The van der Waals surface area contributed by atoms with Gasteiger partial charge < -0.3 is 10.0 Å². The predicted octanol–water partition coefficient (Wildman–Crippen LogP) is 2.28. The first-order chi connectivity index (χ1) is 8.08. The Morgan fingerprint density at radius 2 is 1.88 bits per heavy atom. The normalized spacial score (nSPS) is 14.4. The average molecular weight is 298 g/mol. The third-order valence-corrected chi connectivity index (χ3v) is 3.15. The highest BCUT2D eigenvalue weighted by molar-refractivity contribution is 9.10. The van der Waals surface area contributed by atoms with E-state index in [2.05, 4.69) is 15.9 Å². The molecule has 0 heterocycles. The number of aliphatic carboxylic acids is 1. The summed E-state index contributed by atoms with van der Waals surface area (Å²) >= 11 is 3.30. The van der Waals surface area contributed by atoms with Gasteiger partial charge in [-0.2, -0.15) is 0 Å². The Balaban J connectivity index is 2.22.